The van der Waals surface area contributed by atoms with Crippen LogP contribution in [0.3, 0.4) is 0 Å². The average Bonchev–Trinajstić information content (AvgIpc) is 2.49. The smallest absolute Gasteiger partial charge is 0.230 e. The van der Waals surface area contributed by atoms with Gasteiger partial charge in [-0.1, -0.05) is 18.2 Å². The lowest BCUT2D eigenvalue weighted by atomic mass is 9.98. The van der Waals surface area contributed by atoms with Gasteiger partial charge in [-0.15, -0.1) is 0 Å². The van der Waals surface area contributed by atoms with E-state index in [0.717, 1.165) is 18.5 Å². The highest BCUT2D eigenvalue weighted by atomic mass is 16.5. The van der Waals surface area contributed by atoms with Crippen molar-refractivity contribution in [3.63, 3.8) is 0 Å². The molecule has 1 fully saturated rings. The van der Waals surface area contributed by atoms with E-state index in [2.05, 4.69) is 6.07 Å². The Labute approximate surface area is 113 Å². The number of carbonyl (C=O) groups is 1. The zero-order valence-electron chi connectivity index (χ0n) is 10.9. The molecule has 1 aliphatic heterocycles. The predicted molar refractivity (Wildman–Crippen MR) is 72.6 cm³/mol. The van der Waals surface area contributed by atoms with Gasteiger partial charge in [0, 0.05) is 31.4 Å². The van der Waals surface area contributed by atoms with Crippen molar-refractivity contribution in [1.82, 2.24) is 0 Å². The van der Waals surface area contributed by atoms with E-state index >= 15 is 0 Å². The molecule has 1 amide bonds. The van der Waals surface area contributed by atoms with Gasteiger partial charge in [-0.05, 0) is 25.0 Å². The number of nitriles is 1. The second-order valence-electron chi connectivity index (χ2n) is 4.62. The largest absolute Gasteiger partial charge is 0.381 e. The monoisotopic (exact) mass is 258 g/mol. The van der Waals surface area contributed by atoms with Crippen LogP contribution < -0.4 is 4.90 Å². The number of anilines is 1. The van der Waals surface area contributed by atoms with Crippen LogP contribution in [0.2, 0.25) is 0 Å². The third kappa shape index (κ3) is 3.55. The van der Waals surface area contributed by atoms with E-state index in [1.54, 1.807) is 4.90 Å². The SMILES string of the molecule is N#CCCN(C(=O)C1CCOCC1)c1ccccc1. The van der Waals surface area contributed by atoms with E-state index in [4.69, 9.17) is 10.00 Å². The van der Waals surface area contributed by atoms with Gasteiger partial charge < -0.3 is 9.64 Å². The normalized spacial score (nSPS) is 15.7. The number of benzene rings is 1. The van der Waals surface area contributed by atoms with Crippen molar-refractivity contribution in [3.8, 4) is 6.07 Å². The van der Waals surface area contributed by atoms with E-state index < -0.39 is 0 Å². The van der Waals surface area contributed by atoms with Gasteiger partial charge in [0.2, 0.25) is 5.91 Å². The van der Waals surface area contributed by atoms with Gasteiger partial charge in [-0.2, -0.15) is 5.26 Å². The highest BCUT2D eigenvalue weighted by molar-refractivity contribution is 5.95. The summed E-state index contributed by atoms with van der Waals surface area (Å²) in [5.41, 5.74) is 0.870. The lowest BCUT2D eigenvalue weighted by Crippen LogP contribution is -2.39. The number of hydrogen-bond donors (Lipinski definition) is 0. The maximum absolute atomic E-state index is 12.6. The average molecular weight is 258 g/mol. The second-order valence-corrected chi connectivity index (χ2v) is 4.62. The predicted octanol–water partition coefficient (Wildman–Crippen LogP) is 2.36. The first-order valence-corrected chi connectivity index (χ1v) is 6.64. The van der Waals surface area contributed by atoms with Crippen LogP contribution in [0, 0.1) is 17.2 Å². The first-order chi connectivity index (χ1) is 9.33. The summed E-state index contributed by atoms with van der Waals surface area (Å²) in [5, 5.41) is 8.75. The summed E-state index contributed by atoms with van der Waals surface area (Å²) in [6.45, 7) is 1.76. The summed E-state index contributed by atoms with van der Waals surface area (Å²) in [6.07, 6.45) is 1.90. The van der Waals surface area contributed by atoms with E-state index in [0.29, 0.717) is 26.2 Å². The van der Waals surface area contributed by atoms with Crippen LogP contribution in [0.1, 0.15) is 19.3 Å². The lowest BCUT2D eigenvalue weighted by molar-refractivity contribution is -0.125. The number of rotatable bonds is 4. The Balaban J connectivity index is 2.12. The Morgan fingerprint density at radius 2 is 2.00 bits per heavy atom. The molecule has 0 unspecified atom stereocenters. The third-order valence-electron chi connectivity index (χ3n) is 3.35. The fourth-order valence-corrected chi connectivity index (χ4v) is 2.30. The number of nitrogens with zero attached hydrogens (tertiary/aromatic N) is 2. The zero-order valence-corrected chi connectivity index (χ0v) is 10.9. The molecule has 0 bridgehead atoms. The number of carbonyl (C=O) groups excluding carboxylic acids is 1. The molecule has 1 aliphatic rings. The fourth-order valence-electron chi connectivity index (χ4n) is 2.30. The molecule has 1 saturated heterocycles. The van der Waals surface area contributed by atoms with Crippen molar-refractivity contribution in [1.29, 1.82) is 5.26 Å². The van der Waals surface area contributed by atoms with Gasteiger partial charge in [0.25, 0.3) is 0 Å². The van der Waals surface area contributed by atoms with Gasteiger partial charge in [0.15, 0.2) is 0 Å². The quantitative estimate of drug-likeness (QED) is 0.833. The van der Waals surface area contributed by atoms with E-state index in [1.807, 2.05) is 30.3 Å². The molecular formula is C15H18N2O2. The molecule has 1 heterocycles. The van der Waals surface area contributed by atoms with Crippen molar-refractivity contribution in [2.75, 3.05) is 24.7 Å². The number of amides is 1. The minimum atomic E-state index is 0.0210. The van der Waals surface area contributed by atoms with Crippen LogP contribution in [-0.2, 0) is 9.53 Å². The van der Waals surface area contributed by atoms with E-state index in [-0.39, 0.29) is 11.8 Å². The van der Waals surface area contributed by atoms with Gasteiger partial charge in [0.1, 0.15) is 0 Å². The van der Waals surface area contributed by atoms with Crippen molar-refractivity contribution in [2.24, 2.45) is 5.92 Å². The molecule has 100 valence electrons. The van der Waals surface area contributed by atoms with Crippen LogP contribution in [0.15, 0.2) is 30.3 Å². The molecule has 0 radical (unpaired) electrons. The Morgan fingerprint density at radius 3 is 2.63 bits per heavy atom. The molecular weight excluding hydrogens is 240 g/mol. The molecule has 4 heteroatoms. The van der Waals surface area contributed by atoms with E-state index in [1.165, 1.54) is 0 Å². The molecule has 0 atom stereocenters. The van der Waals surface area contributed by atoms with Crippen molar-refractivity contribution < 1.29 is 9.53 Å². The molecule has 1 aromatic rings. The minimum Gasteiger partial charge on any atom is -0.381 e. The summed E-state index contributed by atoms with van der Waals surface area (Å²) in [5.74, 6) is 0.136. The first kappa shape index (κ1) is 13.6. The number of hydrogen-bond acceptors (Lipinski definition) is 3. The Morgan fingerprint density at radius 1 is 1.32 bits per heavy atom. The van der Waals surface area contributed by atoms with Crippen LogP contribution in [0.25, 0.3) is 0 Å². The van der Waals surface area contributed by atoms with Crippen molar-refractivity contribution in [3.05, 3.63) is 30.3 Å². The minimum absolute atomic E-state index is 0.0210. The Hall–Kier alpha value is -1.86. The molecule has 2 rings (SSSR count). The number of para-hydroxylation sites is 1. The summed E-state index contributed by atoms with van der Waals surface area (Å²) in [6, 6.07) is 11.7. The van der Waals surface area contributed by atoms with Crippen LogP contribution >= 0.6 is 0 Å². The molecule has 0 N–H and O–H groups in total. The first-order valence-electron chi connectivity index (χ1n) is 6.64. The molecule has 1 aromatic carbocycles. The molecule has 0 spiro atoms. The fraction of sp³-hybridized carbons (Fsp3) is 0.467. The summed E-state index contributed by atoms with van der Waals surface area (Å²) >= 11 is 0. The molecule has 4 nitrogen and oxygen atoms in total. The molecule has 0 aliphatic carbocycles. The van der Waals surface area contributed by atoms with Gasteiger partial charge in [0.05, 0.1) is 12.5 Å². The number of ether oxygens (including phenoxy) is 1. The zero-order chi connectivity index (χ0) is 13.5. The van der Waals surface area contributed by atoms with Crippen molar-refractivity contribution in [2.45, 2.75) is 19.3 Å². The lowest BCUT2D eigenvalue weighted by Gasteiger charge is -2.29. The second kappa shape index (κ2) is 6.91. The summed E-state index contributed by atoms with van der Waals surface area (Å²) in [4.78, 5) is 14.3. The van der Waals surface area contributed by atoms with Gasteiger partial charge >= 0.3 is 0 Å². The maximum atomic E-state index is 12.6. The van der Waals surface area contributed by atoms with Crippen LogP contribution in [-0.4, -0.2) is 25.7 Å². The summed E-state index contributed by atoms with van der Waals surface area (Å²) < 4.78 is 5.29. The van der Waals surface area contributed by atoms with Gasteiger partial charge in [-0.25, -0.2) is 0 Å². The third-order valence-corrected chi connectivity index (χ3v) is 3.35. The van der Waals surface area contributed by atoms with Crippen LogP contribution in [0.4, 0.5) is 5.69 Å². The van der Waals surface area contributed by atoms with Crippen molar-refractivity contribution >= 4 is 11.6 Å². The van der Waals surface area contributed by atoms with Gasteiger partial charge in [-0.3, -0.25) is 4.79 Å². The Kier molecular flexibility index (Phi) is 4.93. The topological polar surface area (TPSA) is 53.3 Å². The Bertz CT molecular complexity index is 447. The van der Waals surface area contributed by atoms with Crippen LogP contribution in [0.5, 0.6) is 0 Å². The molecule has 0 saturated carbocycles. The molecule has 0 aromatic heterocycles. The standard InChI is InChI=1S/C15H18N2O2/c16-9-4-10-17(14-5-2-1-3-6-14)15(18)13-7-11-19-12-8-13/h1-3,5-6,13H,4,7-8,10-12H2. The highest BCUT2D eigenvalue weighted by Gasteiger charge is 2.26. The molecule has 19 heavy (non-hydrogen) atoms. The summed E-state index contributed by atoms with van der Waals surface area (Å²) in [7, 11) is 0. The maximum Gasteiger partial charge on any atom is 0.230 e. The highest BCUT2D eigenvalue weighted by Crippen LogP contribution is 2.22. The van der Waals surface area contributed by atoms with E-state index in [9.17, 15) is 4.79 Å².